The molecule has 3 aromatic heterocycles. The zero-order valence-electron chi connectivity index (χ0n) is 19.1. The molecule has 0 aromatic carbocycles. The van der Waals surface area contributed by atoms with Gasteiger partial charge in [0.25, 0.3) is 11.7 Å². The van der Waals surface area contributed by atoms with Gasteiger partial charge in [-0.05, 0) is 75.3 Å². The quantitative estimate of drug-likeness (QED) is 0.613. The van der Waals surface area contributed by atoms with Crippen LogP contribution in [-0.2, 0) is 5.41 Å². The van der Waals surface area contributed by atoms with Crippen LogP contribution >= 0.6 is 0 Å². The Bertz CT molecular complexity index is 1170. The van der Waals surface area contributed by atoms with E-state index >= 15 is 0 Å². The number of carbonyl (C=O) groups is 1. The fourth-order valence-electron chi connectivity index (χ4n) is 7.50. The molecule has 4 aliphatic carbocycles. The molecule has 33 heavy (non-hydrogen) atoms. The number of piperazine rings is 1. The second kappa shape index (κ2) is 7.05. The third-order valence-electron chi connectivity index (χ3n) is 8.56. The van der Waals surface area contributed by atoms with Gasteiger partial charge in [-0.25, -0.2) is 4.98 Å². The molecule has 8 nitrogen and oxygen atoms in total. The summed E-state index contributed by atoms with van der Waals surface area (Å²) in [4.78, 5) is 26.6. The minimum Gasteiger partial charge on any atom is -0.459 e. The van der Waals surface area contributed by atoms with Gasteiger partial charge in [-0.1, -0.05) is 0 Å². The fourth-order valence-corrected chi connectivity index (χ4v) is 7.50. The van der Waals surface area contributed by atoms with Crippen molar-refractivity contribution < 1.29 is 9.21 Å². The molecule has 0 radical (unpaired) electrons. The molecule has 3 aromatic rings. The molecule has 8 heteroatoms. The van der Waals surface area contributed by atoms with E-state index in [1.54, 1.807) is 18.4 Å². The Morgan fingerprint density at radius 1 is 1.03 bits per heavy atom. The van der Waals surface area contributed by atoms with E-state index in [4.69, 9.17) is 19.5 Å². The Labute approximate surface area is 193 Å². The molecule has 172 valence electrons. The summed E-state index contributed by atoms with van der Waals surface area (Å²) in [5.41, 5.74) is 1.11. The standard InChI is InChI=1S/C25H30N6O2/c1-16-9-21(29-4-6-30(7-5-29)22(32)20-3-2-8-33-20)31-24(26-16)27-23(28-31)25-13-17-10-18(14-25)12-19(11-17)15-25/h2-3,8-9,17-19H,4-7,10-15H2,1H3. The normalized spacial score (nSPS) is 31.0. The molecule has 4 saturated carbocycles. The van der Waals surface area contributed by atoms with Gasteiger partial charge < -0.3 is 14.2 Å². The van der Waals surface area contributed by atoms with Crippen molar-refractivity contribution in [3.63, 3.8) is 0 Å². The monoisotopic (exact) mass is 446 g/mol. The van der Waals surface area contributed by atoms with Crippen LogP contribution in [0.4, 0.5) is 5.82 Å². The Kier molecular flexibility index (Phi) is 4.18. The number of carbonyl (C=O) groups excluding carboxylic acids is 1. The van der Waals surface area contributed by atoms with Crippen LogP contribution in [0.1, 0.15) is 60.6 Å². The molecule has 4 bridgehead atoms. The summed E-state index contributed by atoms with van der Waals surface area (Å²) in [6, 6.07) is 5.59. The summed E-state index contributed by atoms with van der Waals surface area (Å²) >= 11 is 0. The maximum atomic E-state index is 12.7. The molecule has 0 spiro atoms. The van der Waals surface area contributed by atoms with Gasteiger partial charge in [0, 0.05) is 43.4 Å². The van der Waals surface area contributed by atoms with Gasteiger partial charge in [-0.3, -0.25) is 4.79 Å². The molecule has 0 atom stereocenters. The number of fused-ring (bicyclic) bond motifs is 1. The van der Waals surface area contributed by atoms with E-state index in [2.05, 4.69) is 11.0 Å². The highest BCUT2D eigenvalue weighted by atomic mass is 16.3. The summed E-state index contributed by atoms with van der Waals surface area (Å²) in [7, 11) is 0. The first-order chi connectivity index (χ1) is 16.1. The number of amides is 1. The van der Waals surface area contributed by atoms with Crippen molar-refractivity contribution in [1.82, 2.24) is 24.5 Å². The summed E-state index contributed by atoms with van der Waals surface area (Å²) < 4.78 is 7.26. The molecule has 1 aliphatic heterocycles. The first kappa shape index (κ1) is 19.6. The second-order valence-corrected chi connectivity index (χ2v) is 10.9. The number of aryl methyl sites for hydroxylation is 1. The van der Waals surface area contributed by atoms with Crippen LogP contribution in [0.25, 0.3) is 5.78 Å². The average Bonchev–Trinajstić information content (AvgIpc) is 3.48. The highest BCUT2D eigenvalue weighted by Gasteiger charge is 2.53. The Balaban J connectivity index is 1.18. The minimum absolute atomic E-state index is 0.0411. The lowest BCUT2D eigenvalue weighted by atomic mass is 9.49. The lowest BCUT2D eigenvalue weighted by molar-refractivity contribution is -0.00926. The van der Waals surface area contributed by atoms with Crippen LogP contribution in [0, 0.1) is 24.7 Å². The molecule has 4 heterocycles. The van der Waals surface area contributed by atoms with Crippen LogP contribution in [0.5, 0.6) is 0 Å². The maximum absolute atomic E-state index is 12.7. The van der Waals surface area contributed by atoms with Crippen LogP contribution in [-0.4, -0.2) is 56.6 Å². The van der Waals surface area contributed by atoms with Gasteiger partial charge in [-0.15, -0.1) is 5.10 Å². The smallest absolute Gasteiger partial charge is 0.289 e. The van der Waals surface area contributed by atoms with E-state index in [9.17, 15) is 4.79 Å². The zero-order chi connectivity index (χ0) is 22.2. The second-order valence-electron chi connectivity index (χ2n) is 10.9. The van der Waals surface area contributed by atoms with Crippen molar-refractivity contribution in [3.8, 4) is 0 Å². The molecule has 1 amide bonds. The molecule has 1 saturated heterocycles. The Hall–Kier alpha value is -2.90. The summed E-state index contributed by atoms with van der Waals surface area (Å²) in [6.45, 7) is 4.83. The van der Waals surface area contributed by atoms with Crippen molar-refractivity contribution in [2.75, 3.05) is 31.1 Å². The Morgan fingerprint density at radius 3 is 2.36 bits per heavy atom. The predicted molar refractivity (Wildman–Crippen MR) is 122 cm³/mol. The number of rotatable bonds is 3. The van der Waals surface area contributed by atoms with E-state index in [1.165, 1.54) is 38.5 Å². The lowest BCUT2D eigenvalue weighted by Crippen LogP contribution is -2.49. The number of nitrogens with zero attached hydrogens (tertiary/aromatic N) is 6. The van der Waals surface area contributed by atoms with E-state index in [0.717, 1.165) is 48.2 Å². The van der Waals surface area contributed by atoms with Gasteiger partial charge in [0.2, 0.25) is 0 Å². The zero-order valence-corrected chi connectivity index (χ0v) is 19.1. The highest BCUT2D eigenvalue weighted by Crippen LogP contribution is 2.60. The van der Waals surface area contributed by atoms with E-state index < -0.39 is 0 Å². The SMILES string of the molecule is Cc1cc(N2CCN(C(=O)c3ccco3)CC2)n2nc(C34CC5CC(CC(C5)C3)C4)nc2n1. The topological polar surface area (TPSA) is 79.8 Å². The summed E-state index contributed by atoms with van der Waals surface area (Å²) in [5, 5.41) is 5.12. The minimum atomic E-state index is -0.0411. The van der Waals surface area contributed by atoms with Crippen molar-refractivity contribution in [2.24, 2.45) is 17.8 Å². The number of hydrogen-bond acceptors (Lipinski definition) is 6. The lowest BCUT2D eigenvalue weighted by Gasteiger charge is -2.55. The fraction of sp³-hybridized carbons (Fsp3) is 0.600. The van der Waals surface area contributed by atoms with Gasteiger partial charge in [0.15, 0.2) is 11.6 Å². The molecule has 5 aliphatic rings. The largest absolute Gasteiger partial charge is 0.459 e. The van der Waals surface area contributed by atoms with Crippen molar-refractivity contribution in [3.05, 3.63) is 41.7 Å². The van der Waals surface area contributed by atoms with E-state index in [0.29, 0.717) is 24.6 Å². The summed E-state index contributed by atoms with van der Waals surface area (Å²) in [6.07, 6.45) is 9.53. The number of anilines is 1. The van der Waals surface area contributed by atoms with E-state index in [-0.39, 0.29) is 11.3 Å². The molecule has 8 rings (SSSR count). The first-order valence-electron chi connectivity index (χ1n) is 12.4. The number of hydrogen-bond donors (Lipinski definition) is 0. The molecular weight excluding hydrogens is 416 g/mol. The average molecular weight is 447 g/mol. The van der Waals surface area contributed by atoms with Gasteiger partial charge in [0.1, 0.15) is 5.82 Å². The predicted octanol–water partition coefficient (Wildman–Crippen LogP) is 3.46. The van der Waals surface area contributed by atoms with Crippen LogP contribution in [0.2, 0.25) is 0 Å². The molecular formula is C25H30N6O2. The van der Waals surface area contributed by atoms with Gasteiger partial charge in [0.05, 0.1) is 6.26 Å². The van der Waals surface area contributed by atoms with Crippen molar-refractivity contribution in [1.29, 1.82) is 0 Å². The molecule has 5 fully saturated rings. The third-order valence-corrected chi connectivity index (χ3v) is 8.56. The molecule has 0 unspecified atom stereocenters. The highest BCUT2D eigenvalue weighted by molar-refractivity contribution is 5.91. The van der Waals surface area contributed by atoms with E-state index in [1.807, 2.05) is 16.3 Å². The van der Waals surface area contributed by atoms with Crippen LogP contribution < -0.4 is 4.90 Å². The Morgan fingerprint density at radius 2 is 1.73 bits per heavy atom. The number of furan rings is 1. The third kappa shape index (κ3) is 3.09. The van der Waals surface area contributed by atoms with Crippen molar-refractivity contribution >= 4 is 17.5 Å². The van der Waals surface area contributed by atoms with Crippen molar-refractivity contribution in [2.45, 2.75) is 50.9 Å². The van der Waals surface area contributed by atoms with Gasteiger partial charge in [-0.2, -0.15) is 9.50 Å². The number of aromatic nitrogens is 4. The van der Waals surface area contributed by atoms with Crippen LogP contribution in [0.15, 0.2) is 28.9 Å². The first-order valence-corrected chi connectivity index (χ1v) is 12.4. The van der Waals surface area contributed by atoms with Crippen LogP contribution in [0.3, 0.4) is 0 Å². The maximum Gasteiger partial charge on any atom is 0.289 e. The molecule has 0 N–H and O–H groups in total. The van der Waals surface area contributed by atoms with Gasteiger partial charge >= 0.3 is 0 Å². The summed E-state index contributed by atoms with van der Waals surface area (Å²) in [5.74, 6) is 5.71.